The first-order valence-electron chi connectivity index (χ1n) is 8.01. The van der Waals surface area contributed by atoms with Gasteiger partial charge in [0.05, 0.1) is 0 Å². The summed E-state index contributed by atoms with van der Waals surface area (Å²) in [6.45, 7) is 5.48. The van der Waals surface area contributed by atoms with Crippen molar-refractivity contribution in [1.29, 1.82) is 0 Å². The molecule has 1 aromatic rings. The maximum Gasteiger partial charge on any atom is 0.407 e. The number of pyridine rings is 1. The van der Waals surface area contributed by atoms with E-state index in [9.17, 15) is 9.59 Å². The van der Waals surface area contributed by atoms with Gasteiger partial charge < -0.3 is 10.1 Å². The number of halogens is 2. The molecule has 2 rings (SSSR count). The van der Waals surface area contributed by atoms with Gasteiger partial charge in [0, 0.05) is 17.5 Å². The number of ketones is 1. The Kier molecular flexibility index (Phi) is 6.10. The third kappa shape index (κ3) is 5.64. The monoisotopic (exact) mass is 372 g/mol. The Balaban J connectivity index is 1.88. The Morgan fingerprint density at radius 3 is 2.17 bits per heavy atom. The van der Waals surface area contributed by atoms with Crippen molar-refractivity contribution in [3.05, 3.63) is 28.0 Å². The van der Waals surface area contributed by atoms with E-state index in [1.165, 1.54) is 0 Å². The maximum atomic E-state index is 12.6. The Hall–Kier alpha value is -1.33. The number of amides is 1. The number of carbonyl (C=O) groups excluding carboxylic acids is 2. The highest BCUT2D eigenvalue weighted by Gasteiger charge is 2.29. The van der Waals surface area contributed by atoms with Gasteiger partial charge in [-0.3, -0.25) is 4.79 Å². The summed E-state index contributed by atoms with van der Waals surface area (Å²) in [6.07, 6.45) is 2.47. The molecule has 1 amide bonds. The lowest BCUT2D eigenvalue weighted by Crippen LogP contribution is -2.41. The Bertz CT molecular complexity index is 601. The lowest BCUT2D eigenvalue weighted by Gasteiger charge is -2.29. The van der Waals surface area contributed by atoms with Gasteiger partial charge in [-0.15, -0.1) is 0 Å². The van der Waals surface area contributed by atoms with Crippen molar-refractivity contribution in [3.63, 3.8) is 0 Å². The van der Waals surface area contributed by atoms with Crippen molar-refractivity contribution in [1.82, 2.24) is 10.3 Å². The Morgan fingerprint density at radius 2 is 1.67 bits per heavy atom. The number of aromatic nitrogens is 1. The smallest absolute Gasteiger partial charge is 0.407 e. The minimum Gasteiger partial charge on any atom is -0.444 e. The van der Waals surface area contributed by atoms with E-state index in [1.54, 1.807) is 12.1 Å². The molecule has 0 unspecified atom stereocenters. The fraction of sp³-hybridized carbons (Fsp3) is 0.588. The molecule has 1 heterocycles. The van der Waals surface area contributed by atoms with Gasteiger partial charge in [0.1, 0.15) is 15.9 Å². The minimum absolute atomic E-state index is 0.0249. The lowest BCUT2D eigenvalue weighted by atomic mass is 9.82. The van der Waals surface area contributed by atoms with Gasteiger partial charge in [0.25, 0.3) is 0 Å². The Labute approximate surface area is 152 Å². The van der Waals surface area contributed by atoms with E-state index in [1.807, 2.05) is 20.8 Å². The van der Waals surface area contributed by atoms with E-state index in [2.05, 4.69) is 10.3 Å². The van der Waals surface area contributed by atoms with Crippen LogP contribution in [0.3, 0.4) is 0 Å². The Morgan fingerprint density at radius 1 is 1.12 bits per heavy atom. The van der Waals surface area contributed by atoms with E-state index in [4.69, 9.17) is 27.9 Å². The average molecular weight is 373 g/mol. The summed E-state index contributed by atoms with van der Waals surface area (Å²) in [6, 6.07) is 3.12. The highest BCUT2D eigenvalue weighted by molar-refractivity contribution is 6.33. The molecule has 1 aliphatic rings. The van der Waals surface area contributed by atoms with E-state index >= 15 is 0 Å². The predicted molar refractivity (Wildman–Crippen MR) is 93.7 cm³/mol. The molecule has 0 bridgehead atoms. The normalized spacial score (nSPS) is 21.2. The summed E-state index contributed by atoms with van der Waals surface area (Å²) < 4.78 is 5.26. The molecule has 7 heteroatoms. The number of alkyl carbamates (subject to hydrolysis) is 1. The van der Waals surface area contributed by atoms with Gasteiger partial charge in [0.15, 0.2) is 5.78 Å². The fourth-order valence-corrected chi connectivity index (χ4v) is 3.28. The zero-order valence-electron chi connectivity index (χ0n) is 14.1. The van der Waals surface area contributed by atoms with E-state index in [0.29, 0.717) is 18.4 Å². The standard InChI is InChI=1S/C17H22Cl2N2O3/c1-17(2,3)24-16(23)20-12-6-4-10(5-7-12)15(22)11-8-13(18)21-14(19)9-11/h8-10,12H,4-7H2,1-3H3,(H,20,23). The molecule has 1 aliphatic carbocycles. The van der Waals surface area contributed by atoms with Crippen LogP contribution < -0.4 is 5.32 Å². The highest BCUT2D eigenvalue weighted by atomic mass is 35.5. The van der Waals surface area contributed by atoms with Gasteiger partial charge >= 0.3 is 6.09 Å². The second-order valence-electron chi connectivity index (χ2n) is 7.06. The largest absolute Gasteiger partial charge is 0.444 e. The number of rotatable bonds is 3. The second kappa shape index (κ2) is 7.70. The number of nitrogens with zero attached hydrogens (tertiary/aromatic N) is 1. The minimum atomic E-state index is -0.517. The third-order valence-corrected chi connectivity index (χ3v) is 4.25. The number of nitrogens with one attached hydrogen (secondary N) is 1. The molecule has 0 spiro atoms. The first-order chi connectivity index (χ1) is 11.1. The van der Waals surface area contributed by atoms with E-state index in [-0.39, 0.29) is 28.0 Å². The average Bonchev–Trinajstić information content (AvgIpc) is 2.44. The van der Waals surface area contributed by atoms with Crippen LogP contribution in [0.15, 0.2) is 12.1 Å². The van der Waals surface area contributed by atoms with Crippen LogP contribution in [0, 0.1) is 5.92 Å². The van der Waals surface area contributed by atoms with Crippen LogP contribution in [0.5, 0.6) is 0 Å². The molecule has 0 saturated heterocycles. The summed E-state index contributed by atoms with van der Waals surface area (Å²) in [4.78, 5) is 28.2. The molecule has 1 saturated carbocycles. The number of Topliss-reactive ketones (excluding diaryl/α,β-unsaturated/α-hetero) is 1. The van der Waals surface area contributed by atoms with Crippen molar-refractivity contribution in [2.75, 3.05) is 0 Å². The highest BCUT2D eigenvalue weighted by Crippen LogP contribution is 2.29. The molecule has 1 N–H and O–H groups in total. The van der Waals surface area contributed by atoms with Crippen LogP contribution in [-0.2, 0) is 4.74 Å². The third-order valence-electron chi connectivity index (χ3n) is 3.87. The van der Waals surface area contributed by atoms with Gasteiger partial charge in [-0.25, -0.2) is 9.78 Å². The number of carbonyl (C=O) groups is 2. The number of hydrogen-bond acceptors (Lipinski definition) is 4. The molecule has 0 aliphatic heterocycles. The first-order valence-corrected chi connectivity index (χ1v) is 8.76. The predicted octanol–water partition coefficient (Wildman–Crippen LogP) is 4.65. The zero-order valence-corrected chi connectivity index (χ0v) is 15.6. The van der Waals surface area contributed by atoms with Crippen LogP contribution >= 0.6 is 23.2 Å². The maximum absolute atomic E-state index is 12.6. The summed E-state index contributed by atoms with van der Waals surface area (Å²) in [5.41, 5.74) is -0.0273. The summed E-state index contributed by atoms with van der Waals surface area (Å²) in [7, 11) is 0. The topological polar surface area (TPSA) is 68.3 Å². The van der Waals surface area contributed by atoms with Gasteiger partial charge in [-0.05, 0) is 58.6 Å². The summed E-state index contributed by atoms with van der Waals surface area (Å²) in [5, 5.41) is 3.30. The van der Waals surface area contributed by atoms with Crippen molar-refractivity contribution in [2.45, 2.75) is 58.1 Å². The molecule has 132 valence electrons. The zero-order chi connectivity index (χ0) is 17.9. The number of ether oxygens (including phenoxy) is 1. The van der Waals surface area contributed by atoms with Gasteiger partial charge in [0.2, 0.25) is 0 Å². The quantitative estimate of drug-likeness (QED) is 0.618. The SMILES string of the molecule is CC(C)(C)OC(=O)NC1CCC(C(=O)c2cc(Cl)nc(Cl)c2)CC1. The molecule has 5 nitrogen and oxygen atoms in total. The van der Waals surface area contributed by atoms with Crippen molar-refractivity contribution >= 4 is 35.1 Å². The second-order valence-corrected chi connectivity index (χ2v) is 7.83. The van der Waals surface area contributed by atoms with Crippen LogP contribution in [0.25, 0.3) is 0 Å². The molecule has 0 aromatic carbocycles. The molecule has 1 aromatic heterocycles. The van der Waals surface area contributed by atoms with Crippen LogP contribution in [0.1, 0.15) is 56.8 Å². The van der Waals surface area contributed by atoms with Gasteiger partial charge in [-0.1, -0.05) is 23.2 Å². The fourth-order valence-electron chi connectivity index (χ4n) is 2.82. The van der Waals surface area contributed by atoms with Crippen molar-refractivity contribution in [3.8, 4) is 0 Å². The summed E-state index contributed by atoms with van der Waals surface area (Å²) >= 11 is 11.7. The van der Waals surface area contributed by atoms with Gasteiger partial charge in [-0.2, -0.15) is 0 Å². The molecular formula is C17H22Cl2N2O3. The van der Waals surface area contributed by atoms with E-state index < -0.39 is 11.7 Å². The van der Waals surface area contributed by atoms with Crippen LogP contribution in [0.2, 0.25) is 10.3 Å². The van der Waals surface area contributed by atoms with E-state index in [0.717, 1.165) is 12.8 Å². The molecule has 0 radical (unpaired) electrons. The summed E-state index contributed by atoms with van der Waals surface area (Å²) in [5.74, 6) is -0.0619. The van der Waals surface area contributed by atoms with Crippen LogP contribution in [-0.4, -0.2) is 28.5 Å². The van der Waals surface area contributed by atoms with Crippen molar-refractivity contribution < 1.29 is 14.3 Å². The lowest BCUT2D eigenvalue weighted by molar-refractivity contribution is 0.0487. The first kappa shape index (κ1) is 19.0. The van der Waals surface area contributed by atoms with Crippen LogP contribution in [0.4, 0.5) is 4.79 Å². The molecule has 24 heavy (non-hydrogen) atoms. The molecular weight excluding hydrogens is 351 g/mol. The molecule has 0 atom stereocenters. The molecule has 1 fully saturated rings. The number of hydrogen-bond donors (Lipinski definition) is 1. The van der Waals surface area contributed by atoms with Crippen molar-refractivity contribution in [2.24, 2.45) is 5.92 Å².